The first-order valence-electron chi connectivity index (χ1n) is 11.6. The van der Waals surface area contributed by atoms with Gasteiger partial charge in [-0.1, -0.05) is 35.7 Å². The van der Waals surface area contributed by atoms with Crippen molar-refractivity contribution in [1.29, 1.82) is 0 Å². The van der Waals surface area contributed by atoms with Crippen molar-refractivity contribution >= 4 is 34.7 Å². The summed E-state index contributed by atoms with van der Waals surface area (Å²) in [6.07, 6.45) is 0. The Hall–Kier alpha value is -3.16. The molecule has 2 heterocycles. The van der Waals surface area contributed by atoms with Gasteiger partial charge in [0.15, 0.2) is 0 Å². The maximum atomic E-state index is 9.97. The molecule has 0 spiro atoms. The van der Waals surface area contributed by atoms with Gasteiger partial charge in [-0.2, -0.15) is 0 Å². The molecule has 0 amide bonds. The van der Waals surface area contributed by atoms with E-state index in [0.29, 0.717) is 0 Å². The zero-order valence-electron chi connectivity index (χ0n) is 19.9. The number of hydrogen-bond acceptors (Lipinski definition) is 6. The second-order valence-corrected chi connectivity index (χ2v) is 10.8. The topological polar surface area (TPSA) is 58.9 Å². The average Bonchev–Trinajstić information content (AvgIpc) is 2.93. The zero-order valence-corrected chi connectivity index (χ0v) is 21.5. The maximum absolute atomic E-state index is 9.97. The molecule has 0 bridgehead atoms. The third-order valence-corrected chi connectivity index (χ3v) is 8.90. The average molecular weight is 513 g/mol. The van der Waals surface area contributed by atoms with E-state index in [-0.39, 0.29) is 13.2 Å². The number of hydrogen-bond donors (Lipinski definition) is 2. The zero-order chi connectivity index (χ0) is 24.8. The Morgan fingerprint density at radius 2 is 0.889 bits per heavy atom. The van der Waals surface area contributed by atoms with E-state index in [1.54, 1.807) is 37.7 Å². The van der Waals surface area contributed by atoms with E-state index in [1.807, 2.05) is 24.3 Å². The van der Waals surface area contributed by atoms with Crippen molar-refractivity contribution in [3.05, 3.63) is 106 Å². The fourth-order valence-electron chi connectivity index (χ4n) is 4.83. The molecule has 36 heavy (non-hydrogen) atoms. The molecule has 2 aliphatic rings. The molecule has 6 rings (SSSR count). The minimum absolute atomic E-state index is 0.0307. The largest absolute Gasteiger partial charge is 0.497 e. The van der Waals surface area contributed by atoms with Crippen molar-refractivity contribution in [3.63, 3.8) is 0 Å². The van der Waals surface area contributed by atoms with E-state index in [9.17, 15) is 10.2 Å². The van der Waals surface area contributed by atoms with Crippen LogP contribution in [-0.2, 0) is 13.2 Å². The fourth-order valence-corrected chi connectivity index (χ4v) is 6.93. The number of benzene rings is 4. The summed E-state index contributed by atoms with van der Waals surface area (Å²) in [4.78, 5) is 4.56. The van der Waals surface area contributed by atoms with E-state index in [2.05, 4.69) is 48.5 Å². The highest BCUT2D eigenvalue weighted by Crippen LogP contribution is 2.55. The fraction of sp³-hybridized carbons (Fsp3) is 0.133. The van der Waals surface area contributed by atoms with Crippen LogP contribution >= 0.6 is 23.5 Å². The van der Waals surface area contributed by atoms with Gasteiger partial charge in [-0.3, -0.25) is 0 Å². The first kappa shape index (κ1) is 23.3. The number of rotatable bonds is 4. The van der Waals surface area contributed by atoms with Crippen LogP contribution in [0.15, 0.2) is 92.4 Å². The molecule has 4 aromatic carbocycles. The summed E-state index contributed by atoms with van der Waals surface area (Å²) < 4.78 is 11.3. The predicted molar refractivity (Wildman–Crippen MR) is 144 cm³/mol. The minimum atomic E-state index is -0.0307. The van der Waals surface area contributed by atoms with Crippen LogP contribution in [0.25, 0.3) is 11.1 Å². The summed E-state index contributed by atoms with van der Waals surface area (Å²) >= 11 is 3.45. The Kier molecular flexibility index (Phi) is 6.05. The molecule has 2 aliphatic heterocycles. The highest BCUT2D eigenvalue weighted by molar-refractivity contribution is 8.00. The van der Waals surface area contributed by atoms with Crippen LogP contribution in [0.3, 0.4) is 0 Å². The minimum Gasteiger partial charge on any atom is -0.497 e. The first-order valence-corrected chi connectivity index (χ1v) is 13.2. The molecule has 0 unspecified atom stereocenters. The number of fused-ring (bicyclic) bond motifs is 4. The van der Waals surface area contributed by atoms with Crippen LogP contribution in [0.2, 0.25) is 0 Å². The van der Waals surface area contributed by atoms with E-state index in [0.717, 1.165) is 75.6 Å². The molecule has 2 N–H and O–H groups in total. The van der Waals surface area contributed by atoms with Crippen LogP contribution in [0, 0.1) is 0 Å². The van der Waals surface area contributed by atoms with Gasteiger partial charge in [0.1, 0.15) is 11.5 Å². The molecule has 0 radical (unpaired) electrons. The Morgan fingerprint density at radius 3 is 1.25 bits per heavy atom. The van der Waals surface area contributed by atoms with E-state index < -0.39 is 0 Å². The Balaban J connectivity index is 1.78. The van der Waals surface area contributed by atoms with Gasteiger partial charge in [-0.15, -0.1) is 0 Å². The second-order valence-electron chi connectivity index (χ2n) is 8.66. The lowest BCUT2D eigenvalue weighted by atomic mass is 9.84. The summed E-state index contributed by atoms with van der Waals surface area (Å²) in [7, 11) is 3.37. The van der Waals surface area contributed by atoms with E-state index >= 15 is 0 Å². The number of methoxy groups -OCH3 is 2. The van der Waals surface area contributed by atoms with Gasteiger partial charge in [0.05, 0.1) is 27.4 Å². The van der Waals surface area contributed by atoms with Gasteiger partial charge < -0.3 is 19.7 Å². The van der Waals surface area contributed by atoms with Crippen molar-refractivity contribution < 1.29 is 19.7 Å². The molecule has 0 aliphatic carbocycles. The lowest BCUT2D eigenvalue weighted by Crippen LogP contribution is -2.08. The molecule has 0 saturated heterocycles. The lowest BCUT2D eigenvalue weighted by molar-refractivity contribution is 0.281. The normalized spacial score (nSPS) is 15.4. The Morgan fingerprint density at radius 1 is 0.528 bits per heavy atom. The third kappa shape index (κ3) is 3.82. The quantitative estimate of drug-likeness (QED) is 0.277. The smallest absolute Gasteiger partial charge is 0.119 e. The van der Waals surface area contributed by atoms with Crippen LogP contribution in [0.1, 0.15) is 33.4 Å². The molecule has 4 aromatic rings. The Bertz CT molecular complexity index is 1310. The van der Waals surface area contributed by atoms with Gasteiger partial charge >= 0.3 is 0 Å². The lowest BCUT2D eigenvalue weighted by Gasteiger charge is -2.30. The molecular weight excluding hydrogens is 488 g/mol. The summed E-state index contributed by atoms with van der Waals surface area (Å²) in [5.74, 6) is 1.57. The van der Waals surface area contributed by atoms with Crippen LogP contribution in [0.5, 0.6) is 11.5 Å². The monoisotopic (exact) mass is 512 g/mol. The van der Waals surface area contributed by atoms with Gasteiger partial charge in [-0.05, 0) is 94.1 Å². The summed E-state index contributed by atoms with van der Waals surface area (Å²) in [5, 5.41) is 19.9. The molecule has 0 fully saturated rings. The highest BCUT2D eigenvalue weighted by Gasteiger charge is 2.31. The third-order valence-electron chi connectivity index (χ3n) is 6.59. The van der Waals surface area contributed by atoms with Gasteiger partial charge in [0, 0.05) is 30.7 Å². The van der Waals surface area contributed by atoms with E-state index in [4.69, 9.17) is 9.47 Å². The first-order chi connectivity index (χ1) is 17.6. The van der Waals surface area contributed by atoms with Gasteiger partial charge in [0.2, 0.25) is 0 Å². The van der Waals surface area contributed by atoms with Gasteiger partial charge in [0.25, 0.3) is 0 Å². The van der Waals surface area contributed by atoms with Crippen molar-refractivity contribution in [1.82, 2.24) is 0 Å². The van der Waals surface area contributed by atoms with Gasteiger partial charge in [-0.25, -0.2) is 0 Å². The molecule has 180 valence electrons. The highest BCUT2D eigenvalue weighted by atomic mass is 32.2. The van der Waals surface area contributed by atoms with E-state index in [1.165, 1.54) is 0 Å². The summed E-state index contributed by atoms with van der Waals surface area (Å²) in [5.41, 5.74) is 8.19. The summed E-state index contributed by atoms with van der Waals surface area (Å²) in [6, 6.07) is 24.7. The molecule has 4 nitrogen and oxygen atoms in total. The van der Waals surface area contributed by atoms with Crippen LogP contribution < -0.4 is 9.47 Å². The molecule has 0 atom stereocenters. The number of ether oxygens (including phenoxy) is 2. The van der Waals surface area contributed by atoms with Crippen molar-refractivity contribution in [2.75, 3.05) is 14.2 Å². The maximum Gasteiger partial charge on any atom is 0.119 e. The van der Waals surface area contributed by atoms with Crippen molar-refractivity contribution in [3.8, 4) is 11.5 Å². The molecule has 6 heteroatoms. The number of aliphatic hydroxyl groups excluding tert-OH is 2. The summed E-state index contributed by atoms with van der Waals surface area (Å²) in [6.45, 7) is -0.0614. The van der Waals surface area contributed by atoms with Crippen LogP contribution in [0.4, 0.5) is 0 Å². The SMILES string of the molecule is COc1ccc2c(c1)/C(=C1/c3cc(CO)ccc3Sc3ccc(OC)cc31)c1cc(CO)ccc1S2. The molecule has 0 aromatic heterocycles. The Labute approximate surface area is 218 Å². The molecule has 0 saturated carbocycles. The predicted octanol–water partition coefficient (Wildman–Crippen LogP) is 6.63. The van der Waals surface area contributed by atoms with Crippen molar-refractivity contribution in [2.24, 2.45) is 0 Å². The van der Waals surface area contributed by atoms with Crippen LogP contribution in [-0.4, -0.2) is 24.4 Å². The van der Waals surface area contributed by atoms with Crippen molar-refractivity contribution in [2.45, 2.75) is 32.8 Å². The number of aliphatic hydroxyl groups is 2. The molecular formula is C30H24O4S2. The second kappa shape index (κ2) is 9.37. The standard InChI is InChI=1S/C30H24O4S2/c1-33-19-5-9-27-23(13-19)29(21-11-17(15-31)3-7-25(21)35-27)30-22-12-18(16-32)4-8-26(22)36-28-10-6-20(34-2)14-24(28)30/h3-14,31-32H,15-16H2,1-2H3/b30-29-.